The van der Waals surface area contributed by atoms with E-state index in [-0.39, 0.29) is 37.1 Å². The Kier molecular flexibility index (Phi) is 46.8. The van der Waals surface area contributed by atoms with Crippen molar-refractivity contribution in [3.63, 3.8) is 0 Å². The summed E-state index contributed by atoms with van der Waals surface area (Å²) in [6.07, 6.45) is 0. The van der Waals surface area contributed by atoms with E-state index in [0.29, 0.717) is 60.0 Å². The van der Waals surface area contributed by atoms with Crippen molar-refractivity contribution < 1.29 is 0 Å². The van der Waals surface area contributed by atoms with Crippen molar-refractivity contribution >= 4 is 113 Å². The van der Waals surface area contributed by atoms with E-state index in [0.717, 1.165) is 133 Å². The molecule has 0 aliphatic carbocycles. The second-order valence-corrected chi connectivity index (χ2v) is 20.9. The quantitative estimate of drug-likeness (QED) is 0.141. The SMILES string of the molecule is C.C.C.C.C.CC.CC.CC.CC.CC.CC.CC.CC.CC.CC.CC.CC.CC.CC.c1ccc2c(c1)C1=NC2=Nc2c3ccccc3c3n2Cn2c(c4ccccc4c2=NC2=NC(=N3)c3ccccc32)=N1.c1ccc2c(c1)C1=NC2=Nc2c3ccccc3c3n2Cn2c(c4ccccc4c2=NC2=NC(=N3)c3ccccc32)=N1. The van der Waals surface area contributed by atoms with Crippen molar-refractivity contribution in [2.45, 2.75) is 244 Å². The molecule has 115 heavy (non-hydrogen) atoms. The summed E-state index contributed by atoms with van der Waals surface area (Å²) in [6, 6.07) is 65.8. The fourth-order valence-corrected chi connectivity index (χ4v) is 12.7. The fraction of sp³-hybridized carbons (Fsp3) is 0.354. The lowest BCUT2D eigenvalue weighted by molar-refractivity contribution is 0.584. The summed E-state index contributed by atoms with van der Waals surface area (Å²) >= 11 is 0. The summed E-state index contributed by atoms with van der Waals surface area (Å²) in [7, 11) is 0. The van der Waals surface area contributed by atoms with E-state index in [1.54, 1.807) is 0 Å². The molecule has 0 radical (unpaired) electrons. The Morgan fingerprint density at radius 2 is 0.287 bits per heavy atom. The van der Waals surface area contributed by atoms with Gasteiger partial charge in [-0.2, -0.15) is 0 Å². The molecule has 20 rings (SSSR count). The van der Waals surface area contributed by atoms with Crippen molar-refractivity contribution in [2.75, 3.05) is 0 Å². The molecule has 0 spiro atoms. The molecule has 8 aromatic carbocycles. The molecule has 12 bridgehead atoms. The minimum Gasteiger partial charge on any atom is -0.291 e. The van der Waals surface area contributed by atoms with Crippen LogP contribution in [0.5, 0.6) is 0 Å². The summed E-state index contributed by atoms with van der Waals surface area (Å²) in [5.41, 5.74) is 10.9. The molecule has 0 amide bonds. The first kappa shape index (κ1) is 103. The van der Waals surface area contributed by atoms with Crippen LogP contribution in [0.15, 0.2) is 254 Å². The first-order valence-corrected chi connectivity index (χ1v) is 41.0. The number of benzene rings is 8. The van der Waals surface area contributed by atoms with Crippen LogP contribution in [-0.4, -0.2) is 65.0 Å². The van der Waals surface area contributed by atoms with Gasteiger partial charge in [0.1, 0.15) is 58.6 Å². The van der Waals surface area contributed by atoms with E-state index in [2.05, 4.69) is 115 Å². The van der Waals surface area contributed by atoms with Crippen molar-refractivity contribution in [1.82, 2.24) is 18.3 Å². The van der Waals surface area contributed by atoms with Gasteiger partial charge in [-0.15, -0.1) is 0 Å². The van der Waals surface area contributed by atoms with Crippen molar-refractivity contribution in [1.29, 1.82) is 0 Å². The van der Waals surface area contributed by atoms with Crippen molar-refractivity contribution in [3.05, 3.63) is 261 Å². The Bertz CT molecular complexity index is 4920. The molecule has 616 valence electrons. The maximum atomic E-state index is 5.22. The highest BCUT2D eigenvalue weighted by molar-refractivity contribution is 6.27. The molecule has 4 aromatic heterocycles. The molecule has 0 atom stereocenters. The number of rotatable bonds is 0. The van der Waals surface area contributed by atoms with E-state index in [4.69, 9.17) is 59.9 Å². The van der Waals surface area contributed by atoms with Crippen LogP contribution in [0, 0.1) is 0 Å². The summed E-state index contributed by atoms with van der Waals surface area (Å²) in [4.78, 5) is 61.7. The van der Waals surface area contributed by atoms with Gasteiger partial charge in [-0.3, -0.25) is 18.3 Å². The summed E-state index contributed by atoms with van der Waals surface area (Å²) in [5.74, 6) is 8.37. The lowest BCUT2D eigenvalue weighted by Crippen LogP contribution is -2.32. The number of aliphatic imine (C=N–C) groups is 8. The Morgan fingerprint density at radius 3 is 0.443 bits per heavy atom. The van der Waals surface area contributed by atoms with Crippen LogP contribution in [-0.2, 0) is 13.3 Å². The molecule has 0 N–H and O–H groups in total. The highest BCUT2D eigenvalue weighted by Crippen LogP contribution is 2.43. The zero-order valence-corrected chi connectivity index (χ0v) is 71.0. The van der Waals surface area contributed by atoms with Gasteiger partial charge < -0.3 is 0 Å². The summed E-state index contributed by atoms with van der Waals surface area (Å²) in [6.45, 7) is 56.8. The van der Waals surface area contributed by atoms with Gasteiger partial charge in [0.25, 0.3) is 0 Å². The predicted octanol–water partition coefficient (Wildman–Crippen LogP) is 27.6. The van der Waals surface area contributed by atoms with E-state index in [1.807, 2.05) is 291 Å². The normalized spacial score (nSPS) is 11.9. The van der Waals surface area contributed by atoms with Crippen LogP contribution >= 0.6 is 0 Å². The molecule has 16 heteroatoms. The van der Waals surface area contributed by atoms with Gasteiger partial charge in [-0.25, -0.2) is 59.9 Å². The monoisotopic (exact) mass is 1550 g/mol. The molecule has 8 aliphatic rings. The Hall–Kier alpha value is -11.5. The number of hydrogen-bond acceptors (Lipinski definition) is 12. The zero-order chi connectivity index (χ0) is 81.3. The van der Waals surface area contributed by atoms with E-state index < -0.39 is 0 Å². The maximum absolute atomic E-state index is 5.22. The summed E-state index contributed by atoms with van der Waals surface area (Å²) < 4.78 is 8.63. The minimum atomic E-state index is 0. The van der Waals surface area contributed by atoms with Crippen LogP contribution in [0.2, 0.25) is 0 Å². The fourth-order valence-electron chi connectivity index (χ4n) is 12.7. The molecule has 8 aliphatic heterocycles. The van der Waals surface area contributed by atoms with Gasteiger partial charge >= 0.3 is 0 Å². The first-order valence-electron chi connectivity index (χ1n) is 41.0. The zero-order valence-electron chi connectivity index (χ0n) is 71.0. The van der Waals surface area contributed by atoms with Gasteiger partial charge in [-0.05, 0) is 0 Å². The molecule has 12 heterocycles. The number of fused-ring (bicyclic) bond motifs is 28. The van der Waals surface area contributed by atoms with Crippen LogP contribution in [0.3, 0.4) is 0 Å². The molecular weight excluding hydrogens is 1410 g/mol. The standard InChI is InChI=1S/2C33H18N8.14C2H6.5CH4/c2*1-2-10-19-18(9-1)26-34-27(19)37-31-24-15-7-8-16-25(24)33-39-29-21-12-4-3-11-20(21)28(35-29)38-32-23-14-6-5-13-22(23)30(36-26)40(32)17-41(31)33;14*1-2;;;;;/h2*1-16H,17H2;14*1-2H3;5*1H4. The minimum absolute atomic E-state index is 0. The van der Waals surface area contributed by atoms with E-state index >= 15 is 0 Å². The third-order valence-corrected chi connectivity index (χ3v) is 16.4. The van der Waals surface area contributed by atoms with Gasteiger partial charge in [0.05, 0.1) is 0 Å². The second-order valence-electron chi connectivity index (χ2n) is 20.9. The third-order valence-electron chi connectivity index (χ3n) is 16.4. The topological polar surface area (TPSA) is 168 Å². The Balaban J connectivity index is 0.00000168. The average molecular weight is 1550 g/mol. The Labute approximate surface area is 692 Å². The highest BCUT2D eigenvalue weighted by Gasteiger charge is 2.32. The molecule has 12 aromatic rings. The van der Waals surface area contributed by atoms with Gasteiger partial charge in [0.2, 0.25) is 0 Å². The molecule has 0 saturated carbocycles. The van der Waals surface area contributed by atoms with Crippen molar-refractivity contribution in [2.24, 2.45) is 59.9 Å². The van der Waals surface area contributed by atoms with E-state index in [1.165, 1.54) is 0 Å². The summed E-state index contributed by atoms with van der Waals surface area (Å²) in [5, 5.41) is 8.03. The number of hydrogen-bond donors (Lipinski definition) is 0. The van der Waals surface area contributed by atoms with Crippen LogP contribution < -0.4 is 22.0 Å². The first-order chi connectivity index (χ1) is 54.6. The number of amidine groups is 8. The molecule has 0 saturated heterocycles. The van der Waals surface area contributed by atoms with Gasteiger partial charge in [-0.1, -0.05) is 425 Å². The molecule has 16 nitrogen and oxygen atoms in total. The number of aromatic nitrogens is 4. The van der Waals surface area contributed by atoms with Gasteiger partial charge in [0, 0.05) is 87.6 Å². The largest absolute Gasteiger partial charge is 0.291 e. The number of nitrogens with zero attached hydrogens (tertiary/aromatic N) is 16. The van der Waals surface area contributed by atoms with Gasteiger partial charge in [0.15, 0.2) is 46.7 Å². The van der Waals surface area contributed by atoms with Crippen LogP contribution in [0.25, 0.3) is 43.1 Å². The third kappa shape index (κ3) is 19.8. The lowest BCUT2D eigenvalue weighted by Gasteiger charge is -2.12. The predicted molar refractivity (Wildman–Crippen MR) is 512 cm³/mol. The maximum Gasteiger partial charge on any atom is 0.164 e. The smallest absolute Gasteiger partial charge is 0.164 e. The molecule has 0 unspecified atom stereocenters. The molecule has 0 fully saturated rings. The molecular formula is C99H140N16. The second kappa shape index (κ2) is 52.0. The Morgan fingerprint density at radius 1 is 0.157 bits per heavy atom. The lowest BCUT2D eigenvalue weighted by atomic mass is 10.1. The highest BCUT2D eigenvalue weighted by atomic mass is 15.3. The van der Waals surface area contributed by atoms with Crippen LogP contribution in [0.1, 0.15) is 276 Å². The van der Waals surface area contributed by atoms with Crippen LogP contribution in [0.4, 0.5) is 23.3 Å². The average Bonchev–Trinajstić information content (AvgIpc) is 1.57. The van der Waals surface area contributed by atoms with E-state index in [9.17, 15) is 0 Å². The van der Waals surface area contributed by atoms with Crippen molar-refractivity contribution in [3.8, 4) is 0 Å².